The van der Waals surface area contributed by atoms with Gasteiger partial charge in [0.2, 0.25) is 5.88 Å². The van der Waals surface area contributed by atoms with Crippen LogP contribution in [0.5, 0.6) is 5.88 Å². The highest BCUT2D eigenvalue weighted by atomic mass is 16.5. The zero-order chi connectivity index (χ0) is 14.3. The van der Waals surface area contributed by atoms with Gasteiger partial charge in [-0.15, -0.1) is 0 Å². The Bertz CT molecular complexity index is 499. The van der Waals surface area contributed by atoms with Crippen molar-refractivity contribution in [3.63, 3.8) is 0 Å². The summed E-state index contributed by atoms with van der Waals surface area (Å²) in [6.07, 6.45) is 7.63. The van der Waals surface area contributed by atoms with Crippen LogP contribution in [0.3, 0.4) is 0 Å². The summed E-state index contributed by atoms with van der Waals surface area (Å²) in [5.74, 6) is 1.72. The number of hydrogen-bond acceptors (Lipinski definition) is 4. The van der Waals surface area contributed by atoms with Crippen LogP contribution in [0, 0.1) is 5.92 Å². The van der Waals surface area contributed by atoms with Gasteiger partial charge in [0, 0.05) is 50.5 Å². The zero-order valence-corrected chi connectivity index (χ0v) is 12.9. The minimum atomic E-state index is 0.516. The van der Waals surface area contributed by atoms with Gasteiger partial charge in [-0.05, 0) is 37.2 Å². The van der Waals surface area contributed by atoms with Gasteiger partial charge in [0.25, 0.3) is 0 Å². The third-order valence-corrected chi connectivity index (χ3v) is 5.52. The Labute approximate surface area is 127 Å². The van der Waals surface area contributed by atoms with Gasteiger partial charge in [-0.1, -0.05) is 6.07 Å². The number of pyridine rings is 1. The van der Waals surface area contributed by atoms with Gasteiger partial charge in [0.1, 0.15) is 0 Å². The summed E-state index contributed by atoms with van der Waals surface area (Å²) in [4.78, 5) is 9.69. The molecular formula is C17H25N3O. The lowest BCUT2D eigenvalue weighted by molar-refractivity contribution is -0.0107. The number of hydrogen-bond donors (Lipinski definition) is 0. The van der Waals surface area contributed by atoms with Gasteiger partial charge in [-0.25, -0.2) is 4.98 Å². The van der Waals surface area contributed by atoms with Gasteiger partial charge < -0.3 is 4.74 Å². The molecule has 1 atom stereocenters. The lowest BCUT2D eigenvalue weighted by Gasteiger charge is -2.51. The van der Waals surface area contributed by atoms with Gasteiger partial charge in [-0.3, -0.25) is 9.80 Å². The standard InChI is InChI=1S/C17H25N3O/c1-21-16-5-4-15(10-18-16)11-19-8-6-17(13-19)7-9-20(17)12-14-2-3-14/h4-5,10,14H,2-3,6-9,11-13H2,1H3. The number of nitrogens with zero attached hydrogens (tertiary/aromatic N) is 3. The van der Waals surface area contributed by atoms with Crippen LogP contribution in [0.4, 0.5) is 0 Å². The Morgan fingerprint density at radius 2 is 2.14 bits per heavy atom. The molecule has 0 N–H and O–H groups in total. The first-order valence-electron chi connectivity index (χ1n) is 8.24. The SMILES string of the molecule is COc1ccc(CN2CCC3(CCN3CC3CC3)C2)cn1. The smallest absolute Gasteiger partial charge is 0.212 e. The maximum Gasteiger partial charge on any atom is 0.212 e. The fraction of sp³-hybridized carbons (Fsp3) is 0.706. The van der Waals surface area contributed by atoms with Gasteiger partial charge in [0.15, 0.2) is 0 Å². The summed E-state index contributed by atoms with van der Waals surface area (Å²) >= 11 is 0. The normalized spacial score (nSPS) is 29.8. The van der Waals surface area contributed by atoms with Crippen LogP contribution in [0.2, 0.25) is 0 Å². The molecular weight excluding hydrogens is 262 g/mol. The molecule has 2 saturated heterocycles. The maximum absolute atomic E-state index is 5.12. The van der Waals surface area contributed by atoms with Crippen LogP contribution in [-0.4, -0.2) is 53.6 Å². The molecule has 1 saturated carbocycles. The first-order chi connectivity index (χ1) is 10.3. The molecule has 1 unspecified atom stereocenters. The number of ether oxygens (including phenoxy) is 1. The molecule has 3 fully saturated rings. The van der Waals surface area contributed by atoms with Crippen molar-refractivity contribution >= 4 is 0 Å². The predicted molar refractivity (Wildman–Crippen MR) is 82.3 cm³/mol. The van der Waals surface area contributed by atoms with E-state index in [1.54, 1.807) is 7.11 Å². The van der Waals surface area contributed by atoms with E-state index in [4.69, 9.17) is 4.74 Å². The lowest BCUT2D eigenvalue weighted by Crippen LogP contribution is -2.61. The molecule has 1 aliphatic carbocycles. The fourth-order valence-electron chi connectivity index (χ4n) is 3.90. The van der Waals surface area contributed by atoms with Crippen LogP contribution in [0.15, 0.2) is 18.3 Å². The first-order valence-corrected chi connectivity index (χ1v) is 8.24. The molecule has 3 heterocycles. The first kappa shape index (κ1) is 13.5. The monoisotopic (exact) mass is 287 g/mol. The molecule has 21 heavy (non-hydrogen) atoms. The molecule has 4 heteroatoms. The van der Waals surface area contributed by atoms with E-state index in [1.807, 2.05) is 12.3 Å². The van der Waals surface area contributed by atoms with Crippen molar-refractivity contribution < 1.29 is 4.74 Å². The number of methoxy groups -OCH3 is 1. The second kappa shape index (κ2) is 5.25. The molecule has 4 rings (SSSR count). The van der Waals surface area contributed by atoms with Crippen LogP contribution < -0.4 is 4.74 Å². The van der Waals surface area contributed by atoms with E-state index < -0.39 is 0 Å². The zero-order valence-electron chi connectivity index (χ0n) is 12.9. The maximum atomic E-state index is 5.12. The average molecular weight is 287 g/mol. The van der Waals surface area contributed by atoms with E-state index in [0.29, 0.717) is 11.4 Å². The molecule has 1 spiro atoms. The van der Waals surface area contributed by atoms with E-state index in [2.05, 4.69) is 20.9 Å². The molecule has 2 aliphatic heterocycles. The van der Waals surface area contributed by atoms with Gasteiger partial charge in [0.05, 0.1) is 7.11 Å². The van der Waals surface area contributed by atoms with Crippen LogP contribution in [0.25, 0.3) is 0 Å². The third-order valence-electron chi connectivity index (χ3n) is 5.52. The summed E-state index contributed by atoms with van der Waals surface area (Å²) in [5, 5.41) is 0. The van der Waals surface area contributed by atoms with Crippen molar-refractivity contribution in [2.75, 3.05) is 33.3 Å². The third kappa shape index (κ3) is 2.67. The van der Waals surface area contributed by atoms with Crippen LogP contribution in [0.1, 0.15) is 31.2 Å². The van der Waals surface area contributed by atoms with Gasteiger partial charge in [-0.2, -0.15) is 0 Å². The van der Waals surface area contributed by atoms with Crippen molar-refractivity contribution in [3.05, 3.63) is 23.9 Å². The van der Waals surface area contributed by atoms with Crippen molar-refractivity contribution in [1.29, 1.82) is 0 Å². The van der Waals surface area contributed by atoms with Gasteiger partial charge >= 0.3 is 0 Å². The molecule has 0 bridgehead atoms. The van der Waals surface area contributed by atoms with E-state index in [9.17, 15) is 0 Å². The minimum absolute atomic E-state index is 0.516. The Balaban J connectivity index is 1.35. The second-order valence-corrected chi connectivity index (χ2v) is 7.03. The Kier molecular flexibility index (Phi) is 3.38. The second-order valence-electron chi connectivity index (χ2n) is 7.03. The highest BCUT2D eigenvalue weighted by Crippen LogP contribution is 2.42. The minimum Gasteiger partial charge on any atom is -0.481 e. The van der Waals surface area contributed by atoms with Crippen molar-refractivity contribution in [1.82, 2.24) is 14.8 Å². The molecule has 4 nitrogen and oxygen atoms in total. The molecule has 0 radical (unpaired) electrons. The van der Waals surface area contributed by atoms with Crippen molar-refractivity contribution in [2.24, 2.45) is 5.92 Å². The summed E-state index contributed by atoms with van der Waals surface area (Å²) in [6, 6.07) is 4.10. The average Bonchev–Trinajstić information content (AvgIpc) is 3.23. The highest BCUT2D eigenvalue weighted by molar-refractivity contribution is 5.18. The predicted octanol–water partition coefficient (Wildman–Crippen LogP) is 2.15. The Morgan fingerprint density at radius 1 is 1.29 bits per heavy atom. The fourth-order valence-corrected chi connectivity index (χ4v) is 3.90. The van der Waals surface area contributed by atoms with Crippen molar-refractivity contribution in [2.45, 2.75) is 37.8 Å². The Hall–Kier alpha value is -1.13. The summed E-state index contributed by atoms with van der Waals surface area (Å²) in [6.45, 7) is 6.18. The lowest BCUT2D eigenvalue weighted by atomic mass is 9.83. The highest BCUT2D eigenvalue weighted by Gasteiger charge is 2.49. The summed E-state index contributed by atoms with van der Waals surface area (Å²) in [5.41, 5.74) is 1.81. The quantitative estimate of drug-likeness (QED) is 0.830. The number of likely N-dealkylation sites (tertiary alicyclic amines) is 2. The molecule has 114 valence electrons. The Morgan fingerprint density at radius 3 is 2.76 bits per heavy atom. The molecule has 3 aliphatic rings. The molecule has 1 aromatic rings. The topological polar surface area (TPSA) is 28.6 Å². The summed E-state index contributed by atoms with van der Waals surface area (Å²) < 4.78 is 5.12. The largest absolute Gasteiger partial charge is 0.481 e. The van der Waals surface area contributed by atoms with E-state index >= 15 is 0 Å². The van der Waals surface area contributed by atoms with E-state index in [-0.39, 0.29) is 0 Å². The summed E-state index contributed by atoms with van der Waals surface area (Å²) in [7, 11) is 1.66. The van der Waals surface area contributed by atoms with E-state index in [0.717, 1.165) is 12.5 Å². The molecule has 0 aromatic carbocycles. The van der Waals surface area contributed by atoms with Crippen molar-refractivity contribution in [3.8, 4) is 5.88 Å². The molecule has 0 amide bonds. The number of aromatic nitrogens is 1. The molecule has 1 aromatic heterocycles. The van der Waals surface area contributed by atoms with Crippen LogP contribution in [-0.2, 0) is 6.54 Å². The number of rotatable bonds is 5. The van der Waals surface area contributed by atoms with E-state index in [1.165, 1.54) is 57.4 Å². The van der Waals surface area contributed by atoms with Crippen LogP contribution >= 0.6 is 0 Å².